The topological polar surface area (TPSA) is 30.9 Å². The molecular weight excluding hydrogens is 332 g/mol. The lowest BCUT2D eigenvalue weighted by atomic mass is 9.86. The van der Waals surface area contributed by atoms with Gasteiger partial charge in [0.2, 0.25) is 0 Å². The Morgan fingerprint density at radius 2 is 1.85 bits per heavy atom. The third-order valence-electron chi connectivity index (χ3n) is 5.98. The molecule has 2 aliphatic rings. The minimum atomic E-state index is 0.313. The van der Waals surface area contributed by atoms with E-state index in [0.29, 0.717) is 12.0 Å². The summed E-state index contributed by atoms with van der Waals surface area (Å²) in [7, 11) is 0. The number of benzene rings is 2. The fourth-order valence-corrected chi connectivity index (χ4v) is 4.29. The fourth-order valence-electron chi connectivity index (χ4n) is 4.29. The predicted octanol–water partition coefficient (Wildman–Crippen LogP) is 4.06. The SMILES string of the molecule is CCN1CCC2=NNC(c3ccc(N(CC)Cc4ccccc4)cc3)C2C1. The van der Waals surface area contributed by atoms with Crippen molar-refractivity contribution in [3.05, 3.63) is 65.7 Å². The number of hydrazone groups is 1. The standard InChI is InChI=1S/C23H30N4/c1-3-26-15-14-22-21(17-26)23(25-24-22)19-10-12-20(13-11-19)27(4-2)16-18-8-6-5-7-9-18/h5-13,21,23,25H,3-4,14-17H2,1-2H3. The molecule has 2 atom stereocenters. The van der Waals surface area contributed by atoms with Crippen LogP contribution in [0.5, 0.6) is 0 Å². The smallest absolute Gasteiger partial charge is 0.0782 e. The predicted molar refractivity (Wildman–Crippen MR) is 113 cm³/mol. The molecule has 2 unspecified atom stereocenters. The van der Waals surface area contributed by atoms with Crippen LogP contribution in [0, 0.1) is 5.92 Å². The monoisotopic (exact) mass is 362 g/mol. The highest BCUT2D eigenvalue weighted by Gasteiger charge is 2.36. The highest BCUT2D eigenvalue weighted by Crippen LogP contribution is 2.33. The number of nitrogens with one attached hydrogen (secondary N) is 1. The number of hydrogen-bond acceptors (Lipinski definition) is 4. The first kappa shape index (κ1) is 18.1. The summed E-state index contributed by atoms with van der Waals surface area (Å²) >= 11 is 0. The van der Waals surface area contributed by atoms with Gasteiger partial charge < -0.3 is 15.2 Å². The average Bonchev–Trinajstić information content (AvgIpc) is 3.16. The number of hydrogen-bond donors (Lipinski definition) is 1. The maximum Gasteiger partial charge on any atom is 0.0782 e. The van der Waals surface area contributed by atoms with Crippen molar-refractivity contribution in [2.75, 3.05) is 31.1 Å². The normalized spacial score (nSPS) is 22.1. The van der Waals surface area contributed by atoms with Gasteiger partial charge in [-0.3, -0.25) is 0 Å². The fraction of sp³-hybridized carbons (Fsp3) is 0.435. The van der Waals surface area contributed by atoms with Crippen LogP contribution in [0.25, 0.3) is 0 Å². The van der Waals surface area contributed by atoms with Gasteiger partial charge in [0.25, 0.3) is 0 Å². The Morgan fingerprint density at radius 1 is 1.07 bits per heavy atom. The van der Waals surface area contributed by atoms with E-state index in [-0.39, 0.29) is 0 Å². The van der Waals surface area contributed by atoms with Crippen LogP contribution in [0.2, 0.25) is 0 Å². The molecule has 4 heteroatoms. The second kappa shape index (κ2) is 8.13. The summed E-state index contributed by atoms with van der Waals surface area (Å²) in [6.07, 6.45) is 1.10. The van der Waals surface area contributed by atoms with E-state index in [4.69, 9.17) is 0 Å². The molecular formula is C23H30N4. The average molecular weight is 363 g/mol. The molecule has 2 aromatic rings. The summed E-state index contributed by atoms with van der Waals surface area (Å²) in [5.41, 5.74) is 8.74. The Labute approximate surface area is 162 Å². The zero-order valence-corrected chi connectivity index (χ0v) is 16.4. The van der Waals surface area contributed by atoms with Gasteiger partial charge in [-0.1, -0.05) is 49.4 Å². The quantitative estimate of drug-likeness (QED) is 0.841. The van der Waals surface area contributed by atoms with Gasteiger partial charge in [0.15, 0.2) is 0 Å². The van der Waals surface area contributed by atoms with E-state index in [1.807, 2.05) is 0 Å². The summed E-state index contributed by atoms with van der Waals surface area (Å²) in [5, 5.41) is 4.64. The first-order valence-corrected chi connectivity index (χ1v) is 10.2. The van der Waals surface area contributed by atoms with Gasteiger partial charge >= 0.3 is 0 Å². The lowest BCUT2D eigenvalue weighted by molar-refractivity contribution is 0.238. The second-order valence-electron chi connectivity index (χ2n) is 7.55. The molecule has 0 amide bonds. The first-order valence-electron chi connectivity index (χ1n) is 10.2. The van der Waals surface area contributed by atoms with Crippen LogP contribution in [0.4, 0.5) is 5.69 Å². The van der Waals surface area contributed by atoms with Crippen LogP contribution in [-0.2, 0) is 6.54 Å². The van der Waals surface area contributed by atoms with Crippen LogP contribution in [0.15, 0.2) is 59.7 Å². The zero-order valence-electron chi connectivity index (χ0n) is 16.4. The number of fused-ring (bicyclic) bond motifs is 1. The lowest BCUT2D eigenvalue weighted by Crippen LogP contribution is -2.41. The van der Waals surface area contributed by atoms with E-state index in [1.54, 1.807) is 0 Å². The molecule has 1 fully saturated rings. The number of piperidine rings is 1. The maximum atomic E-state index is 4.64. The van der Waals surface area contributed by atoms with Crippen LogP contribution in [0.1, 0.15) is 37.4 Å². The molecule has 2 heterocycles. The highest BCUT2D eigenvalue weighted by atomic mass is 15.4. The third-order valence-corrected chi connectivity index (χ3v) is 5.98. The van der Waals surface area contributed by atoms with Crippen molar-refractivity contribution in [3.8, 4) is 0 Å². The van der Waals surface area contributed by atoms with E-state index >= 15 is 0 Å². The Kier molecular flexibility index (Phi) is 5.44. The number of likely N-dealkylation sites (tertiary alicyclic amines) is 1. The highest BCUT2D eigenvalue weighted by molar-refractivity contribution is 5.89. The van der Waals surface area contributed by atoms with E-state index in [2.05, 4.69) is 88.8 Å². The van der Waals surface area contributed by atoms with Crippen molar-refractivity contribution in [1.29, 1.82) is 0 Å². The zero-order chi connectivity index (χ0) is 18.6. The molecule has 27 heavy (non-hydrogen) atoms. The summed E-state index contributed by atoms with van der Waals surface area (Å²) < 4.78 is 0. The van der Waals surface area contributed by atoms with Crippen molar-refractivity contribution in [2.45, 2.75) is 32.9 Å². The molecule has 0 spiro atoms. The minimum Gasteiger partial charge on any atom is -0.367 e. The molecule has 1 saturated heterocycles. The van der Waals surface area contributed by atoms with Gasteiger partial charge in [0.1, 0.15) is 0 Å². The molecule has 0 saturated carbocycles. The maximum absolute atomic E-state index is 4.64. The Morgan fingerprint density at radius 3 is 2.56 bits per heavy atom. The van der Waals surface area contributed by atoms with Gasteiger partial charge in [0, 0.05) is 49.9 Å². The number of anilines is 1. The van der Waals surface area contributed by atoms with E-state index in [0.717, 1.165) is 39.1 Å². The van der Waals surface area contributed by atoms with Crippen LogP contribution in [-0.4, -0.2) is 36.8 Å². The number of nitrogens with zero attached hydrogens (tertiary/aromatic N) is 3. The molecule has 2 aromatic carbocycles. The molecule has 0 aliphatic carbocycles. The van der Waals surface area contributed by atoms with Crippen LogP contribution < -0.4 is 10.3 Å². The van der Waals surface area contributed by atoms with Gasteiger partial charge in [-0.15, -0.1) is 0 Å². The van der Waals surface area contributed by atoms with Gasteiger partial charge in [0.05, 0.1) is 6.04 Å². The third kappa shape index (κ3) is 3.86. The van der Waals surface area contributed by atoms with Crippen molar-refractivity contribution >= 4 is 11.4 Å². The summed E-state index contributed by atoms with van der Waals surface area (Å²) in [5.74, 6) is 0.510. The Balaban J connectivity index is 1.47. The van der Waals surface area contributed by atoms with Gasteiger partial charge in [-0.25, -0.2) is 0 Å². The second-order valence-corrected chi connectivity index (χ2v) is 7.55. The van der Waals surface area contributed by atoms with Gasteiger partial charge in [-0.2, -0.15) is 5.10 Å². The Bertz CT molecular complexity index is 769. The molecule has 0 aromatic heterocycles. The molecule has 1 N–H and O–H groups in total. The summed E-state index contributed by atoms with van der Waals surface area (Å²) in [6, 6.07) is 20.1. The first-order chi connectivity index (χ1) is 13.3. The molecule has 142 valence electrons. The van der Waals surface area contributed by atoms with E-state index in [9.17, 15) is 0 Å². The molecule has 4 rings (SSSR count). The van der Waals surface area contributed by atoms with Crippen molar-refractivity contribution in [3.63, 3.8) is 0 Å². The number of rotatable bonds is 6. The molecule has 0 bridgehead atoms. The van der Waals surface area contributed by atoms with Gasteiger partial charge in [-0.05, 0) is 36.7 Å². The van der Waals surface area contributed by atoms with Crippen molar-refractivity contribution in [2.24, 2.45) is 11.0 Å². The van der Waals surface area contributed by atoms with Crippen molar-refractivity contribution < 1.29 is 0 Å². The minimum absolute atomic E-state index is 0.313. The summed E-state index contributed by atoms with van der Waals surface area (Å²) in [6.45, 7) is 9.79. The molecule has 4 nitrogen and oxygen atoms in total. The molecule has 2 aliphatic heterocycles. The molecule has 0 radical (unpaired) electrons. The van der Waals surface area contributed by atoms with Crippen LogP contribution in [0.3, 0.4) is 0 Å². The summed E-state index contributed by atoms with van der Waals surface area (Å²) in [4.78, 5) is 4.96. The lowest BCUT2D eigenvalue weighted by Gasteiger charge is -2.33. The largest absolute Gasteiger partial charge is 0.367 e. The van der Waals surface area contributed by atoms with E-state index in [1.165, 1.54) is 22.5 Å². The van der Waals surface area contributed by atoms with Crippen LogP contribution >= 0.6 is 0 Å². The van der Waals surface area contributed by atoms with E-state index < -0.39 is 0 Å². The Hall–Kier alpha value is -2.33. The van der Waals surface area contributed by atoms with Crippen molar-refractivity contribution in [1.82, 2.24) is 10.3 Å².